The summed E-state index contributed by atoms with van der Waals surface area (Å²) in [6.07, 6.45) is 1.96. The molecule has 19 heavy (non-hydrogen) atoms. The van der Waals surface area contributed by atoms with Crippen LogP contribution in [-0.2, 0) is 6.42 Å². The molecule has 1 heterocycles. The zero-order valence-corrected chi connectivity index (χ0v) is 10.9. The summed E-state index contributed by atoms with van der Waals surface area (Å²) in [7, 11) is 0. The van der Waals surface area contributed by atoms with Crippen molar-refractivity contribution in [3.63, 3.8) is 0 Å². The fraction of sp³-hybridized carbons (Fsp3) is 0.286. The van der Waals surface area contributed by atoms with E-state index >= 15 is 0 Å². The number of nitrogens with zero attached hydrogens (tertiary/aromatic N) is 2. The Labute approximate surface area is 111 Å². The molecule has 5 heteroatoms. The highest BCUT2D eigenvalue weighted by Crippen LogP contribution is 2.21. The van der Waals surface area contributed by atoms with Crippen LogP contribution in [0.1, 0.15) is 29.9 Å². The minimum absolute atomic E-state index is 0.125. The number of phenols is 1. The van der Waals surface area contributed by atoms with E-state index in [1.165, 1.54) is 6.20 Å². The smallest absolute Gasteiger partial charge is 0.339 e. The largest absolute Gasteiger partial charge is 0.508 e. The van der Waals surface area contributed by atoms with E-state index in [0.717, 1.165) is 0 Å². The van der Waals surface area contributed by atoms with E-state index < -0.39 is 5.97 Å². The van der Waals surface area contributed by atoms with Crippen molar-refractivity contribution in [3.05, 3.63) is 41.7 Å². The summed E-state index contributed by atoms with van der Waals surface area (Å²) in [6.45, 7) is 4.04. The Hall–Kier alpha value is -2.30. The van der Waals surface area contributed by atoms with E-state index in [1.54, 1.807) is 28.9 Å². The van der Waals surface area contributed by atoms with Gasteiger partial charge in [-0.2, -0.15) is 5.10 Å². The van der Waals surface area contributed by atoms with Crippen LogP contribution >= 0.6 is 0 Å². The lowest BCUT2D eigenvalue weighted by molar-refractivity contribution is 0.0695. The number of aromatic carboxylic acids is 1. The predicted molar refractivity (Wildman–Crippen MR) is 70.7 cm³/mol. The van der Waals surface area contributed by atoms with Crippen molar-refractivity contribution >= 4 is 5.97 Å². The van der Waals surface area contributed by atoms with Crippen LogP contribution in [0.15, 0.2) is 30.5 Å². The third-order valence-corrected chi connectivity index (χ3v) is 2.78. The van der Waals surface area contributed by atoms with Gasteiger partial charge in [-0.05, 0) is 24.5 Å². The molecule has 0 fully saturated rings. The molecule has 0 saturated heterocycles. The number of hydrogen-bond acceptors (Lipinski definition) is 3. The number of aromatic hydroxyl groups is 1. The van der Waals surface area contributed by atoms with E-state index in [2.05, 4.69) is 5.10 Å². The molecule has 5 nitrogen and oxygen atoms in total. The molecule has 0 aliphatic carbocycles. The maximum absolute atomic E-state index is 11.2. The van der Waals surface area contributed by atoms with E-state index in [9.17, 15) is 15.0 Å². The van der Waals surface area contributed by atoms with Gasteiger partial charge < -0.3 is 10.2 Å². The average molecular weight is 260 g/mol. The summed E-state index contributed by atoms with van der Waals surface area (Å²) in [5, 5.41) is 22.8. The van der Waals surface area contributed by atoms with Gasteiger partial charge in [-0.1, -0.05) is 19.9 Å². The summed E-state index contributed by atoms with van der Waals surface area (Å²) in [6, 6.07) is 6.60. The van der Waals surface area contributed by atoms with Crippen molar-refractivity contribution in [2.45, 2.75) is 20.3 Å². The summed E-state index contributed by atoms with van der Waals surface area (Å²) in [5.74, 6) is -0.548. The van der Waals surface area contributed by atoms with Gasteiger partial charge in [0.05, 0.1) is 17.6 Å². The Bertz CT molecular complexity index is 602. The van der Waals surface area contributed by atoms with Crippen LogP contribution in [0.3, 0.4) is 0 Å². The van der Waals surface area contributed by atoms with Gasteiger partial charge >= 0.3 is 5.97 Å². The maximum Gasteiger partial charge on any atom is 0.339 e. The Morgan fingerprint density at radius 1 is 1.42 bits per heavy atom. The number of phenolic OH excluding ortho intramolecular Hbond substituents is 1. The SMILES string of the molecule is CC(C)Cc1c(C(=O)O)cnn1-c1cccc(O)c1. The zero-order chi connectivity index (χ0) is 14.0. The number of carbonyl (C=O) groups is 1. The number of carboxylic acids is 1. The molecular weight excluding hydrogens is 244 g/mol. The van der Waals surface area contributed by atoms with E-state index in [4.69, 9.17) is 0 Å². The van der Waals surface area contributed by atoms with Crippen molar-refractivity contribution in [2.75, 3.05) is 0 Å². The van der Waals surface area contributed by atoms with Gasteiger partial charge in [-0.25, -0.2) is 9.48 Å². The van der Waals surface area contributed by atoms with Gasteiger partial charge in [0.1, 0.15) is 11.3 Å². The monoisotopic (exact) mass is 260 g/mol. The fourth-order valence-electron chi connectivity index (χ4n) is 1.98. The number of hydrogen-bond donors (Lipinski definition) is 2. The van der Waals surface area contributed by atoms with Crippen LogP contribution in [0.25, 0.3) is 5.69 Å². The number of carboxylic acid groups (broad SMARTS) is 1. The Kier molecular flexibility index (Phi) is 3.55. The molecule has 2 rings (SSSR count). The first kappa shape index (κ1) is 13.1. The molecule has 1 aromatic carbocycles. The van der Waals surface area contributed by atoms with Gasteiger partial charge in [0.25, 0.3) is 0 Å². The van der Waals surface area contributed by atoms with Crippen LogP contribution < -0.4 is 0 Å². The van der Waals surface area contributed by atoms with Crippen LogP contribution in [0.5, 0.6) is 5.75 Å². The van der Waals surface area contributed by atoms with E-state index in [-0.39, 0.29) is 11.3 Å². The molecule has 0 saturated carbocycles. The molecule has 2 aromatic rings. The molecule has 2 N–H and O–H groups in total. The van der Waals surface area contributed by atoms with Crippen molar-refractivity contribution in [2.24, 2.45) is 5.92 Å². The first-order valence-corrected chi connectivity index (χ1v) is 6.08. The Morgan fingerprint density at radius 2 is 2.16 bits per heavy atom. The molecular formula is C14H16N2O3. The zero-order valence-electron chi connectivity index (χ0n) is 10.9. The first-order valence-electron chi connectivity index (χ1n) is 6.08. The topological polar surface area (TPSA) is 75.3 Å². The Morgan fingerprint density at radius 3 is 2.74 bits per heavy atom. The normalized spacial score (nSPS) is 10.9. The van der Waals surface area contributed by atoms with Crippen LogP contribution in [0.2, 0.25) is 0 Å². The molecule has 0 bridgehead atoms. The van der Waals surface area contributed by atoms with Crippen LogP contribution in [0.4, 0.5) is 0 Å². The summed E-state index contributed by atoms with van der Waals surface area (Å²) < 4.78 is 1.57. The summed E-state index contributed by atoms with van der Waals surface area (Å²) in [5.41, 5.74) is 1.51. The standard InChI is InChI=1S/C14H16N2O3/c1-9(2)6-13-12(14(18)19)8-15-16(13)10-4-3-5-11(17)7-10/h3-5,7-9,17H,6H2,1-2H3,(H,18,19). The third-order valence-electron chi connectivity index (χ3n) is 2.78. The minimum atomic E-state index is -0.984. The van der Waals surface area contributed by atoms with E-state index in [0.29, 0.717) is 23.7 Å². The maximum atomic E-state index is 11.2. The Balaban J connectivity index is 2.54. The predicted octanol–water partition coefficient (Wildman–Crippen LogP) is 2.47. The molecule has 100 valence electrons. The lowest BCUT2D eigenvalue weighted by Crippen LogP contribution is -2.09. The lowest BCUT2D eigenvalue weighted by atomic mass is 10.0. The number of aromatic nitrogens is 2. The first-order chi connectivity index (χ1) is 8.99. The highest BCUT2D eigenvalue weighted by atomic mass is 16.4. The second kappa shape index (κ2) is 5.14. The van der Waals surface area contributed by atoms with Gasteiger partial charge in [0, 0.05) is 6.07 Å². The minimum Gasteiger partial charge on any atom is -0.508 e. The highest BCUT2D eigenvalue weighted by molar-refractivity contribution is 5.88. The molecule has 0 amide bonds. The van der Waals surface area contributed by atoms with E-state index in [1.807, 2.05) is 13.8 Å². The molecule has 0 unspecified atom stereocenters. The number of benzene rings is 1. The molecule has 0 spiro atoms. The van der Waals surface area contributed by atoms with Crippen molar-refractivity contribution in [1.82, 2.24) is 9.78 Å². The molecule has 0 aliphatic rings. The summed E-state index contributed by atoms with van der Waals surface area (Å²) >= 11 is 0. The van der Waals surface area contributed by atoms with Gasteiger partial charge in [-0.3, -0.25) is 0 Å². The fourth-order valence-corrected chi connectivity index (χ4v) is 1.98. The van der Waals surface area contributed by atoms with Gasteiger partial charge in [0.15, 0.2) is 0 Å². The number of rotatable bonds is 4. The van der Waals surface area contributed by atoms with Crippen molar-refractivity contribution in [1.29, 1.82) is 0 Å². The van der Waals surface area contributed by atoms with Crippen LogP contribution in [0, 0.1) is 5.92 Å². The second-order valence-electron chi connectivity index (χ2n) is 4.84. The quantitative estimate of drug-likeness (QED) is 0.885. The molecule has 1 aromatic heterocycles. The van der Waals surface area contributed by atoms with Crippen molar-refractivity contribution < 1.29 is 15.0 Å². The third kappa shape index (κ3) is 2.76. The average Bonchev–Trinajstić information content (AvgIpc) is 2.71. The van der Waals surface area contributed by atoms with Crippen molar-refractivity contribution in [3.8, 4) is 11.4 Å². The molecule has 0 radical (unpaired) electrons. The summed E-state index contributed by atoms with van der Waals surface area (Å²) in [4.78, 5) is 11.2. The van der Waals surface area contributed by atoms with Gasteiger partial charge in [0.2, 0.25) is 0 Å². The second-order valence-corrected chi connectivity index (χ2v) is 4.84. The molecule has 0 aliphatic heterocycles. The van der Waals surface area contributed by atoms with Crippen LogP contribution in [-0.4, -0.2) is 26.0 Å². The molecule has 0 atom stereocenters. The highest BCUT2D eigenvalue weighted by Gasteiger charge is 2.18. The van der Waals surface area contributed by atoms with Gasteiger partial charge in [-0.15, -0.1) is 0 Å². The lowest BCUT2D eigenvalue weighted by Gasteiger charge is -2.10.